The van der Waals surface area contributed by atoms with Crippen molar-refractivity contribution < 1.29 is 0 Å². The van der Waals surface area contributed by atoms with E-state index in [1.807, 2.05) is 24.3 Å². The molecule has 0 radical (unpaired) electrons. The number of H-pyrrole nitrogens is 1. The van der Waals surface area contributed by atoms with Crippen molar-refractivity contribution in [1.82, 2.24) is 14.9 Å². The lowest BCUT2D eigenvalue weighted by atomic mass is 10.2. The SMILES string of the molecule is CCN(CC)Cc1nc2sc(-c3ccccc3)cc2c(=O)[nH]1. The second-order valence-electron chi connectivity index (χ2n) is 5.17. The molecule has 0 saturated heterocycles. The molecule has 0 atom stereocenters. The van der Waals surface area contributed by atoms with Crippen LogP contribution in [0.2, 0.25) is 0 Å². The summed E-state index contributed by atoms with van der Waals surface area (Å²) < 4.78 is 0. The molecular weight excluding hydrogens is 294 g/mol. The van der Waals surface area contributed by atoms with E-state index in [-0.39, 0.29) is 5.56 Å². The van der Waals surface area contributed by atoms with E-state index < -0.39 is 0 Å². The molecule has 0 aliphatic heterocycles. The monoisotopic (exact) mass is 313 g/mol. The molecule has 1 aromatic carbocycles. The van der Waals surface area contributed by atoms with Crippen molar-refractivity contribution in [2.24, 2.45) is 0 Å². The Bertz CT molecular complexity index is 819. The summed E-state index contributed by atoms with van der Waals surface area (Å²) in [4.78, 5) is 24.0. The van der Waals surface area contributed by atoms with Crippen molar-refractivity contribution in [2.75, 3.05) is 13.1 Å². The first-order valence-corrected chi connectivity index (χ1v) is 8.33. The Morgan fingerprint density at radius 2 is 1.91 bits per heavy atom. The summed E-state index contributed by atoms with van der Waals surface area (Å²) in [5.41, 5.74) is 1.07. The van der Waals surface area contributed by atoms with Gasteiger partial charge < -0.3 is 4.98 Å². The molecule has 22 heavy (non-hydrogen) atoms. The van der Waals surface area contributed by atoms with Crippen LogP contribution in [0.1, 0.15) is 19.7 Å². The number of aromatic amines is 1. The number of benzene rings is 1. The van der Waals surface area contributed by atoms with Gasteiger partial charge in [-0.2, -0.15) is 0 Å². The van der Waals surface area contributed by atoms with Crippen LogP contribution in [-0.2, 0) is 6.54 Å². The molecule has 0 unspecified atom stereocenters. The van der Waals surface area contributed by atoms with Gasteiger partial charge in [0.25, 0.3) is 5.56 Å². The lowest BCUT2D eigenvalue weighted by molar-refractivity contribution is 0.288. The summed E-state index contributed by atoms with van der Waals surface area (Å²) >= 11 is 1.57. The topological polar surface area (TPSA) is 49.0 Å². The van der Waals surface area contributed by atoms with Gasteiger partial charge in [-0.05, 0) is 24.7 Å². The Morgan fingerprint density at radius 3 is 2.59 bits per heavy atom. The van der Waals surface area contributed by atoms with Gasteiger partial charge in [0.05, 0.1) is 11.9 Å². The van der Waals surface area contributed by atoms with Crippen LogP contribution in [-0.4, -0.2) is 28.0 Å². The van der Waals surface area contributed by atoms with Gasteiger partial charge in [-0.15, -0.1) is 11.3 Å². The first kappa shape index (κ1) is 14.9. The van der Waals surface area contributed by atoms with Crippen LogP contribution in [0.25, 0.3) is 20.7 Å². The van der Waals surface area contributed by atoms with E-state index in [2.05, 4.69) is 40.8 Å². The number of thiophene rings is 1. The van der Waals surface area contributed by atoms with Crippen molar-refractivity contribution in [3.63, 3.8) is 0 Å². The first-order chi connectivity index (χ1) is 10.7. The molecule has 0 aliphatic carbocycles. The van der Waals surface area contributed by atoms with Crippen molar-refractivity contribution in [1.29, 1.82) is 0 Å². The number of nitrogens with one attached hydrogen (secondary N) is 1. The minimum absolute atomic E-state index is 0.0504. The number of aromatic nitrogens is 2. The van der Waals surface area contributed by atoms with E-state index >= 15 is 0 Å². The summed E-state index contributed by atoms with van der Waals surface area (Å²) in [6, 6.07) is 12.0. The maximum Gasteiger partial charge on any atom is 0.259 e. The first-order valence-electron chi connectivity index (χ1n) is 7.51. The van der Waals surface area contributed by atoms with E-state index in [1.54, 1.807) is 11.3 Å². The standard InChI is InChI=1S/C17H19N3OS/c1-3-20(4-2)11-15-18-16(21)13-10-14(22-17(13)19-15)12-8-6-5-7-9-12/h5-10H,3-4,11H2,1-2H3,(H,18,19,21). The maximum atomic E-state index is 12.3. The molecule has 0 aliphatic rings. The smallest absolute Gasteiger partial charge is 0.259 e. The van der Waals surface area contributed by atoms with E-state index in [0.717, 1.165) is 34.2 Å². The fourth-order valence-electron chi connectivity index (χ4n) is 2.45. The molecule has 2 heterocycles. The third-order valence-electron chi connectivity index (χ3n) is 3.78. The normalized spacial score (nSPS) is 11.4. The van der Waals surface area contributed by atoms with Crippen LogP contribution >= 0.6 is 11.3 Å². The highest BCUT2D eigenvalue weighted by molar-refractivity contribution is 7.21. The highest BCUT2D eigenvalue weighted by Crippen LogP contribution is 2.30. The molecule has 114 valence electrons. The zero-order valence-electron chi connectivity index (χ0n) is 12.8. The minimum Gasteiger partial charge on any atom is -0.309 e. The largest absolute Gasteiger partial charge is 0.309 e. The van der Waals surface area contributed by atoms with E-state index in [1.165, 1.54) is 0 Å². The maximum absolute atomic E-state index is 12.3. The van der Waals surface area contributed by atoms with Crippen molar-refractivity contribution in [3.05, 3.63) is 52.6 Å². The molecule has 5 heteroatoms. The van der Waals surface area contributed by atoms with Gasteiger partial charge in [-0.1, -0.05) is 44.2 Å². The van der Waals surface area contributed by atoms with E-state index in [4.69, 9.17) is 0 Å². The van der Waals surface area contributed by atoms with Gasteiger partial charge in [0, 0.05) is 4.88 Å². The number of hydrogen-bond acceptors (Lipinski definition) is 4. The summed E-state index contributed by atoms with van der Waals surface area (Å²) in [5, 5.41) is 0.673. The second kappa shape index (κ2) is 6.42. The number of hydrogen-bond donors (Lipinski definition) is 1. The van der Waals surface area contributed by atoms with Crippen LogP contribution in [0.3, 0.4) is 0 Å². The van der Waals surface area contributed by atoms with E-state index in [0.29, 0.717) is 11.9 Å². The highest BCUT2D eigenvalue weighted by Gasteiger charge is 2.11. The molecule has 1 N–H and O–H groups in total. The summed E-state index contributed by atoms with van der Waals surface area (Å²) in [7, 11) is 0. The Balaban J connectivity index is 2.02. The Hall–Kier alpha value is -1.98. The molecule has 0 saturated carbocycles. The average Bonchev–Trinajstić information content (AvgIpc) is 2.98. The van der Waals surface area contributed by atoms with Gasteiger partial charge in [-0.25, -0.2) is 4.98 Å². The third-order valence-corrected chi connectivity index (χ3v) is 4.86. The lowest BCUT2D eigenvalue weighted by Gasteiger charge is -2.16. The zero-order valence-corrected chi connectivity index (χ0v) is 13.6. The van der Waals surface area contributed by atoms with Crippen LogP contribution in [0.5, 0.6) is 0 Å². The van der Waals surface area contributed by atoms with Gasteiger partial charge in [0.1, 0.15) is 10.7 Å². The van der Waals surface area contributed by atoms with Crippen LogP contribution < -0.4 is 5.56 Å². The molecule has 0 bridgehead atoms. The quantitative estimate of drug-likeness (QED) is 0.784. The number of rotatable bonds is 5. The number of nitrogens with zero attached hydrogens (tertiary/aromatic N) is 2. The van der Waals surface area contributed by atoms with Crippen LogP contribution in [0, 0.1) is 0 Å². The predicted octanol–water partition coefficient (Wildman–Crippen LogP) is 3.49. The van der Waals surface area contributed by atoms with Gasteiger partial charge in [0.15, 0.2) is 0 Å². The Kier molecular flexibility index (Phi) is 4.36. The molecule has 3 rings (SSSR count). The zero-order chi connectivity index (χ0) is 15.5. The molecular formula is C17H19N3OS. The fourth-order valence-corrected chi connectivity index (χ4v) is 3.51. The summed E-state index contributed by atoms with van der Waals surface area (Å²) in [6.07, 6.45) is 0. The fraction of sp³-hybridized carbons (Fsp3) is 0.294. The van der Waals surface area contributed by atoms with Crippen molar-refractivity contribution in [3.8, 4) is 10.4 Å². The summed E-state index contributed by atoms with van der Waals surface area (Å²) in [5.74, 6) is 0.739. The second-order valence-corrected chi connectivity index (χ2v) is 6.20. The third kappa shape index (κ3) is 2.96. The minimum atomic E-state index is -0.0504. The van der Waals surface area contributed by atoms with Crippen LogP contribution in [0.15, 0.2) is 41.2 Å². The average molecular weight is 313 g/mol. The van der Waals surface area contributed by atoms with Crippen molar-refractivity contribution in [2.45, 2.75) is 20.4 Å². The lowest BCUT2D eigenvalue weighted by Crippen LogP contribution is -2.25. The molecule has 4 nitrogen and oxygen atoms in total. The Morgan fingerprint density at radius 1 is 1.18 bits per heavy atom. The molecule has 0 amide bonds. The molecule has 0 fully saturated rings. The number of fused-ring (bicyclic) bond motifs is 1. The molecule has 3 aromatic rings. The van der Waals surface area contributed by atoms with E-state index in [9.17, 15) is 4.79 Å². The molecule has 0 spiro atoms. The Labute approximate surface area is 133 Å². The van der Waals surface area contributed by atoms with Crippen molar-refractivity contribution >= 4 is 21.6 Å². The summed E-state index contributed by atoms with van der Waals surface area (Å²) in [6.45, 7) is 6.78. The van der Waals surface area contributed by atoms with Gasteiger partial charge >= 0.3 is 0 Å². The molecule has 2 aromatic heterocycles. The van der Waals surface area contributed by atoms with Gasteiger partial charge in [0.2, 0.25) is 0 Å². The highest BCUT2D eigenvalue weighted by atomic mass is 32.1. The van der Waals surface area contributed by atoms with Crippen LogP contribution in [0.4, 0.5) is 0 Å². The van der Waals surface area contributed by atoms with Gasteiger partial charge in [-0.3, -0.25) is 9.69 Å². The predicted molar refractivity (Wildman–Crippen MR) is 92.3 cm³/mol.